The van der Waals surface area contributed by atoms with Crippen molar-refractivity contribution in [3.05, 3.63) is 59.7 Å². The molecule has 5 nitrogen and oxygen atoms in total. The molecule has 1 amide bonds. The molecule has 0 radical (unpaired) electrons. The molecule has 2 aromatic rings. The third-order valence-corrected chi connectivity index (χ3v) is 4.43. The maximum Gasteiger partial charge on any atom is 0.224 e. The van der Waals surface area contributed by atoms with E-state index in [-0.39, 0.29) is 17.7 Å². The molecule has 25 heavy (non-hydrogen) atoms. The molecule has 1 saturated heterocycles. The van der Waals surface area contributed by atoms with Crippen LogP contribution in [0.5, 0.6) is 5.75 Å². The lowest BCUT2D eigenvalue weighted by Gasteiger charge is -2.32. The number of carbonyl (C=O) groups is 1. The molecule has 0 bridgehead atoms. The Kier molecular flexibility index (Phi) is 5.56. The van der Waals surface area contributed by atoms with E-state index in [0.717, 1.165) is 43.1 Å². The van der Waals surface area contributed by atoms with Gasteiger partial charge >= 0.3 is 0 Å². The number of phenolic OH excluding ortho intramolecular Hbond substituents is 1. The number of anilines is 1. The molecule has 0 spiro atoms. The standard InChI is InChI=1S/C20H24N2O3/c1-15(21-20(24)14-16-6-8-17(23)9-7-16)18-4-2-3-5-19(18)22-10-12-25-13-11-22/h2-9,15,23H,10-14H2,1H3,(H,21,24)/t15-/m1/s1. The van der Waals surface area contributed by atoms with Gasteiger partial charge in [-0.3, -0.25) is 4.79 Å². The van der Waals surface area contributed by atoms with Crippen LogP contribution in [0.4, 0.5) is 5.69 Å². The highest BCUT2D eigenvalue weighted by atomic mass is 16.5. The van der Waals surface area contributed by atoms with Crippen molar-refractivity contribution >= 4 is 11.6 Å². The smallest absolute Gasteiger partial charge is 0.224 e. The van der Waals surface area contributed by atoms with E-state index in [0.29, 0.717) is 6.42 Å². The van der Waals surface area contributed by atoms with E-state index < -0.39 is 0 Å². The molecule has 1 atom stereocenters. The summed E-state index contributed by atoms with van der Waals surface area (Å²) in [5, 5.41) is 12.4. The van der Waals surface area contributed by atoms with Gasteiger partial charge in [0.15, 0.2) is 0 Å². The van der Waals surface area contributed by atoms with Crippen molar-refractivity contribution in [2.24, 2.45) is 0 Å². The Hall–Kier alpha value is -2.53. The lowest BCUT2D eigenvalue weighted by Crippen LogP contribution is -2.37. The molecule has 3 rings (SSSR count). The van der Waals surface area contributed by atoms with E-state index in [2.05, 4.69) is 22.3 Å². The monoisotopic (exact) mass is 340 g/mol. The van der Waals surface area contributed by atoms with Crippen molar-refractivity contribution in [2.75, 3.05) is 31.2 Å². The number of hydrogen-bond acceptors (Lipinski definition) is 4. The molecule has 1 heterocycles. The molecule has 1 aliphatic rings. The Labute approximate surface area is 148 Å². The second kappa shape index (κ2) is 8.03. The van der Waals surface area contributed by atoms with Gasteiger partial charge < -0.3 is 20.1 Å². The van der Waals surface area contributed by atoms with Crippen molar-refractivity contribution in [1.29, 1.82) is 0 Å². The third-order valence-electron chi connectivity index (χ3n) is 4.43. The van der Waals surface area contributed by atoms with Gasteiger partial charge in [0.05, 0.1) is 25.7 Å². The van der Waals surface area contributed by atoms with Crippen LogP contribution in [0, 0.1) is 0 Å². The number of rotatable bonds is 5. The van der Waals surface area contributed by atoms with Gasteiger partial charge in [0.2, 0.25) is 5.91 Å². The fourth-order valence-corrected chi connectivity index (χ4v) is 3.12. The van der Waals surface area contributed by atoms with Crippen LogP contribution in [0.1, 0.15) is 24.1 Å². The molecule has 0 aliphatic carbocycles. The van der Waals surface area contributed by atoms with Crippen LogP contribution in [0.15, 0.2) is 48.5 Å². The highest BCUT2D eigenvalue weighted by Gasteiger charge is 2.18. The molecule has 0 saturated carbocycles. The zero-order valence-electron chi connectivity index (χ0n) is 14.4. The number of benzene rings is 2. The van der Waals surface area contributed by atoms with Gasteiger partial charge in [-0.25, -0.2) is 0 Å². The zero-order chi connectivity index (χ0) is 17.6. The number of carbonyl (C=O) groups excluding carboxylic acids is 1. The molecule has 2 N–H and O–H groups in total. The van der Waals surface area contributed by atoms with Crippen LogP contribution in [0.2, 0.25) is 0 Å². The number of aromatic hydroxyl groups is 1. The minimum atomic E-state index is -0.0799. The van der Waals surface area contributed by atoms with Crippen LogP contribution in [-0.2, 0) is 16.0 Å². The minimum Gasteiger partial charge on any atom is -0.508 e. The van der Waals surface area contributed by atoms with Crippen molar-refractivity contribution in [3.8, 4) is 5.75 Å². The summed E-state index contributed by atoms with van der Waals surface area (Å²) < 4.78 is 5.43. The first-order valence-corrected chi connectivity index (χ1v) is 8.62. The first kappa shape index (κ1) is 17.3. The van der Waals surface area contributed by atoms with E-state index in [4.69, 9.17) is 4.74 Å². The van der Waals surface area contributed by atoms with Gasteiger partial charge in [-0.15, -0.1) is 0 Å². The van der Waals surface area contributed by atoms with Crippen molar-refractivity contribution in [1.82, 2.24) is 5.32 Å². The molecule has 0 aromatic heterocycles. The maximum atomic E-state index is 12.4. The number of ether oxygens (including phenoxy) is 1. The third kappa shape index (κ3) is 4.51. The number of nitrogens with zero attached hydrogens (tertiary/aromatic N) is 1. The minimum absolute atomic E-state index is 0.0324. The van der Waals surface area contributed by atoms with Gasteiger partial charge in [-0.05, 0) is 36.2 Å². The molecular weight excluding hydrogens is 316 g/mol. The second-order valence-corrected chi connectivity index (χ2v) is 6.29. The van der Waals surface area contributed by atoms with E-state index in [1.54, 1.807) is 24.3 Å². The summed E-state index contributed by atoms with van der Waals surface area (Å²) in [7, 11) is 0. The van der Waals surface area contributed by atoms with Crippen LogP contribution in [-0.4, -0.2) is 37.3 Å². The first-order chi connectivity index (χ1) is 12.1. The number of hydrogen-bond donors (Lipinski definition) is 2. The Morgan fingerprint density at radius 3 is 2.56 bits per heavy atom. The zero-order valence-corrected chi connectivity index (χ0v) is 14.4. The Balaban J connectivity index is 1.67. The van der Waals surface area contributed by atoms with E-state index in [1.807, 2.05) is 19.1 Å². The van der Waals surface area contributed by atoms with Crippen molar-refractivity contribution in [2.45, 2.75) is 19.4 Å². The first-order valence-electron chi connectivity index (χ1n) is 8.62. The summed E-state index contributed by atoms with van der Waals surface area (Å²) in [4.78, 5) is 14.7. The predicted octanol–water partition coefficient (Wildman–Crippen LogP) is 2.65. The molecule has 0 unspecified atom stereocenters. The fraction of sp³-hybridized carbons (Fsp3) is 0.350. The highest BCUT2D eigenvalue weighted by molar-refractivity contribution is 5.79. The topological polar surface area (TPSA) is 61.8 Å². The van der Waals surface area contributed by atoms with Crippen LogP contribution < -0.4 is 10.2 Å². The SMILES string of the molecule is C[C@@H](NC(=O)Cc1ccc(O)cc1)c1ccccc1N1CCOCC1. The molecule has 1 aliphatic heterocycles. The summed E-state index contributed by atoms with van der Waals surface area (Å²) in [6.07, 6.45) is 0.296. The molecule has 132 valence electrons. The highest BCUT2D eigenvalue weighted by Crippen LogP contribution is 2.27. The second-order valence-electron chi connectivity index (χ2n) is 6.29. The summed E-state index contributed by atoms with van der Waals surface area (Å²) in [5.74, 6) is 0.173. The summed E-state index contributed by atoms with van der Waals surface area (Å²) in [5.41, 5.74) is 3.15. The predicted molar refractivity (Wildman–Crippen MR) is 97.8 cm³/mol. The number of morpholine rings is 1. The van der Waals surface area contributed by atoms with Crippen LogP contribution in [0.25, 0.3) is 0 Å². The Morgan fingerprint density at radius 2 is 1.84 bits per heavy atom. The summed E-state index contributed by atoms with van der Waals surface area (Å²) >= 11 is 0. The van der Waals surface area contributed by atoms with Crippen LogP contribution >= 0.6 is 0 Å². The number of para-hydroxylation sites is 1. The van der Waals surface area contributed by atoms with Crippen molar-refractivity contribution < 1.29 is 14.6 Å². The van der Waals surface area contributed by atoms with Crippen molar-refractivity contribution in [3.63, 3.8) is 0 Å². The van der Waals surface area contributed by atoms with Gasteiger partial charge in [0.1, 0.15) is 5.75 Å². The quantitative estimate of drug-likeness (QED) is 0.878. The molecule has 5 heteroatoms. The number of nitrogens with one attached hydrogen (secondary N) is 1. The molecule has 1 fully saturated rings. The largest absolute Gasteiger partial charge is 0.508 e. The maximum absolute atomic E-state index is 12.4. The van der Waals surface area contributed by atoms with Gasteiger partial charge in [0.25, 0.3) is 0 Å². The Morgan fingerprint density at radius 1 is 1.16 bits per heavy atom. The van der Waals surface area contributed by atoms with E-state index in [1.165, 1.54) is 0 Å². The summed E-state index contributed by atoms with van der Waals surface area (Å²) in [6, 6.07) is 14.8. The lowest BCUT2D eigenvalue weighted by atomic mass is 10.0. The number of amides is 1. The van der Waals surface area contributed by atoms with Crippen LogP contribution in [0.3, 0.4) is 0 Å². The molecule has 2 aromatic carbocycles. The average molecular weight is 340 g/mol. The van der Waals surface area contributed by atoms with Gasteiger partial charge in [0, 0.05) is 18.8 Å². The summed E-state index contributed by atoms with van der Waals surface area (Å²) in [6.45, 7) is 5.20. The average Bonchev–Trinajstić information content (AvgIpc) is 2.64. The van der Waals surface area contributed by atoms with E-state index in [9.17, 15) is 9.90 Å². The fourth-order valence-electron chi connectivity index (χ4n) is 3.12. The van der Waals surface area contributed by atoms with Gasteiger partial charge in [-0.1, -0.05) is 30.3 Å². The molecular formula is C20H24N2O3. The normalized spacial score (nSPS) is 15.6. The lowest BCUT2D eigenvalue weighted by molar-refractivity contribution is -0.121. The van der Waals surface area contributed by atoms with Gasteiger partial charge in [-0.2, -0.15) is 0 Å². The number of phenols is 1. The van der Waals surface area contributed by atoms with E-state index >= 15 is 0 Å². The Bertz CT molecular complexity index is 709.